The van der Waals surface area contributed by atoms with Gasteiger partial charge in [-0.2, -0.15) is 0 Å². The van der Waals surface area contributed by atoms with Crippen LogP contribution in [-0.2, 0) is 23.9 Å². The minimum atomic E-state index is -1.14. The first-order chi connectivity index (χ1) is 13.3. The molecule has 0 aliphatic heterocycles. The first-order valence-electron chi connectivity index (χ1n) is 9.87. The Labute approximate surface area is 202 Å². The van der Waals surface area contributed by atoms with Crippen molar-refractivity contribution >= 4 is 73.4 Å². The number of carbonyl (C=O) groups is 4. The summed E-state index contributed by atoms with van der Waals surface area (Å²) in [5, 5.41) is 23.7. The third-order valence-electron chi connectivity index (χ3n) is 4.55. The molecule has 0 aromatic rings. The number of rotatable bonds is 16. The molecule has 8 nitrogen and oxygen atoms in total. The van der Waals surface area contributed by atoms with E-state index >= 15 is 0 Å². The average Bonchev–Trinajstić information content (AvgIpc) is 2.64. The van der Waals surface area contributed by atoms with Crippen molar-refractivity contribution in [2.75, 3.05) is 0 Å². The number of aliphatic carboxylic acids is 1. The number of ketones is 1. The van der Waals surface area contributed by atoms with Gasteiger partial charge in [0.1, 0.15) is 5.92 Å². The van der Waals surface area contributed by atoms with Crippen LogP contribution in [0.4, 0.5) is 0 Å². The zero-order chi connectivity index (χ0) is 21.5. The summed E-state index contributed by atoms with van der Waals surface area (Å²) in [5.41, 5.74) is -0.323. The van der Waals surface area contributed by atoms with Crippen molar-refractivity contribution in [3.63, 3.8) is 0 Å². The van der Waals surface area contributed by atoms with E-state index in [1.165, 1.54) is 0 Å². The van der Waals surface area contributed by atoms with E-state index in [0.717, 1.165) is 31.9 Å². The van der Waals surface area contributed by atoms with Gasteiger partial charge in [-0.1, -0.05) is 39.5 Å². The van der Waals surface area contributed by atoms with E-state index in [1.807, 2.05) is 0 Å². The molecule has 0 aliphatic carbocycles. The second-order valence-electron chi connectivity index (χ2n) is 6.73. The van der Waals surface area contributed by atoms with Gasteiger partial charge in [0.15, 0.2) is 5.78 Å². The summed E-state index contributed by atoms with van der Waals surface area (Å²) >= 11 is 0. The summed E-state index contributed by atoms with van der Waals surface area (Å²) in [6, 6.07) is 0. The standard InChI is InChI=1S/C20H32N2O6.Ca.2H/c1-3-14(13-21)20(27)28-17(24)12-10-8-6-5-7-9-11-16(23)18(22)15(4-2)19(25)26;;;/h13-15,21-22H,3-12H2,1-2H3,(H,25,26);;;/t14-,15-;;;/m1.../s1. The second-order valence-corrected chi connectivity index (χ2v) is 6.73. The van der Waals surface area contributed by atoms with Crippen LogP contribution in [0.25, 0.3) is 0 Å². The Balaban J connectivity index is 0. The van der Waals surface area contributed by atoms with Crippen molar-refractivity contribution in [2.24, 2.45) is 11.8 Å². The average molecular weight is 439 g/mol. The van der Waals surface area contributed by atoms with Gasteiger partial charge >= 0.3 is 55.6 Å². The van der Waals surface area contributed by atoms with Gasteiger partial charge in [0.2, 0.25) is 0 Å². The number of hydrogen-bond donors (Lipinski definition) is 3. The van der Waals surface area contributed by atoms with E-state index in [0.29, 0.717) is 19.3 Å². The molecule has 9 heteroatoms. The number of Topliss-reactive ketones (excluding diaryl/α,β-unsaturated/α-hetero) is 1. The molecule has 0 heterocycles. The Bertz CT molecular complexity index is 579. The molecule has 0 fully saturated rings. The van der Waals surface area contributed by atoms with Gasteiger partial charge in [-0.25, -0.2) is 0 Å². The Hall–Kier alpha value is -1.12. The molecule has 0 saturated carbocycles. The van der Waals surface area contributed by atoms with Crippen molar-refractivity contribution in [3.8, 4) is 0 Å². The molecule has 29 heavy (non-hydrogen) atoms. The molecule has 2 atom stereocenters. The van der Waals surface area contributed by atoms with E-state index in [9.17, 15) is 19.2 Å². The summed E-state index contributed by atoms with van der Waals surface area (Å²) < 4.78 is 4.70. The van der Waals surface area contributed by atoms with Crippen molar-refractivity contribution < 1.29 is 29.0 Å². The van der Waals surface area contributed by atoms with Crippen LogP contribution in [0, 0.1) is 22.7 Å². The predicted molar refractivity (Wildman–Crippen MR) is 113 cm³/mol. The topological polar surface area (TPSA) is 145 Å². The fourth-order valence-electron chi connectivity index (χ4n) is 2.68. The molecule has 0 aromatic heterocycles. The van der Waals surface area contributed by atoms with E-state index in [-0.39, 0.29) is 62.7 Å². The van der Waals surface area contributed by atoms with Crippen molar-refractivity contribution in [1.29, 1.82) is 10.8 Å². The Morgan fingerprint density at radius 2 is 1.45 bits per heavy atom. The molecule has 0 bridgehead atoms. The monoisotopic (exact) mass is 438 g/mol. The van der Waals surface area contributed by atoms with Crippen LogP contribution in [0.2, 0.25) is 0 Å². The quantitative estimate of drug-likeness (QED) is 0.111. The summed E-state index contributed by atoms with van der Waals surface area (Å²) in [6.45, 7) is 3.38. The molecule has 0 radical (unpaired) electrons. The molecular weight excluding hydrogens is 404 g/mol. The zero-order valence-electron chi connectivity index (χ0n) is 16.8. The zero-order valence-corrected chi connectivity index (χ0v) is 16.8. The molecule has 0 saturated heterocycles. The molecular formula is C20H34CaN2O6. The van der Waals surface area contributed by atoms with Crippen molar-refractivity contribution in [2.45, 2.75) is 78.1 Å². The Kier molecular flexibility index (Phi) is 18.4. The normalized spacial score (nSPS) is 12.2. The van der Waals surface area contributed by atoms with Crippen LogP contribution in [0.15, 0.2) is 0 Å². The van der Waals surface area contributed by atoms with Crippen LogP contribution in [-0.4, -0.2) is 78.5 Å². The van der Waals surface area contributed by atoms with Gasteiger partial charge in [-0.15, -0.1) is 0 Å². The number of nitrogens with one attached hydrogen (secondary N) is 2. The summed E-state index contributed by atoms with van der Waals surface area (Å²) in [7, 11) is 0. The Morgan fingerprint density at radius 1 is 0.931 bits per heavy atom. The number of esters is 2. The Morgan fingerprint density at radius 3 is 1.90 bits per heavy atom. The van der Waals surface area contributed by atoms with Crippen LogP contribution >= 0.6 is 0 Å². The van der Waals surface area contributed by atoms with Crippen LogP contribution in [0.3, 0.4) is 0 Å². The molecule has 0 amide bonds. The number of hydrogen-bond acceptors (Lipinski definition) is 7. The van der Waals surface area contributed by atoms with Crippen molar-refractivity contribution in [1.82, 2.24) is 0 Å². The van der Waals surface area contributed by atoms with Gasteiger partial charge in [-0.3, -0.25) is 19.2 Å². The summed E-state index contributed by atoms with van der Waals surface area (Å²) in [6.07, 6.45) is 6.52. The molecule has 0 aromatic carbocycles. The van der Waals surface area contributed by atoms with Gasteiger partial charge < -0.3 is 20.7 Å². The van der Waals surface area contributed by atoms with E-state index in [4.69, 9.17) is 20.7 Å². The van der Waals surface area contributed by atoms with Gasteiger partial charge in [0, 0.05) is 19.1 Å². The van der Waals surface area contributed by atoms with Crippen LogP contribution in [0.5, 0.6) is 0 Å². The first-order valence-corrected chi connectivity index (χ1v) is 9.87. The number of unbranched alkanes of at least 4 members (excludes halogenated alkanes) is 5. The number of ether oxygens (including phenoxy) is 1. The van der Waals surface area contributed by atoms with Gasteiger partial charge in [-0.05, 0) is 25.7 Å². The molecule has 0 unspecified atom stereocenters. The predicted octanol–water partition coefficient (Wildman–Crippen LogP) is 2.64. The maximum atomic E-state index is 11.9. The number of carboxylic acids is 1. The van der Waals surface area contributed by atoms with Crippen LogP contribution < -0.4 is 0 Å². The van der Waals surface area contributed by atoms with Gasteiger partial charge in [0.05, 0.1) is 11.6 Å². The fourth-order valence-corrected chi connectivity index (χ4v) is 2.68. The molecule has 0 rings (SSSR count). The van der Waals surface area contributed by atoms with Gasteiger partial charge in [0.25, 0.3) is 0 Å². The minimum absolute atomic E-state index is 0. The number of carboxylic acid groups (broad SMARTS) is 1. The number of carbonyl (C=O) groups excluding carboxylic acids is 3. The summed E-state index contributed by atoms with van der Waals surface area (Å²) in [4.78, 5) is 46.0. The molecule has 0 aliphatic rings. The maximum absolute atomic E-state index is 11.9. The van der Waals surface area contributed by atoms with Crippen molar-refractivity contribution in [3.05, 3.63) is 0 Å². The molecule has 0 spiro atoms. The van der Waals surface area contributed by atoms with E-state index in [2.05, 4.69) is 0 Å². The summed E-state index contributed by atoms with van der Waals surface area (Å²) in [5.74, 6) is -4.48. The molecule has 3 N–H and O–H groups in total. The fraction of sp³-hybridized carbons (Fsp3) is 0.700. The molecule has 162 valence electrons. The third-order valence-corrected chi connectivity index (χ3v) is 4.55. The second kappa shape index (κ2) is 17.7. The van der Waals surface area contributed by atoms with E-state index in [1.54, 1.807) is 13.8 Å². The van der Waals surface area contributed by atoms with E-state index < -0.39 is 35.5 Å². The van der Waals surface area contributed by atoms with Crippen LogP contribution in [0.1, 0.15) is 78.1 Å². The third kappa shape index (κ3) is 12.9. The SMILES string of the molecule is CC[C@H](C(=N)C(=O)CCCCCCCCC(=O)OC(=O)[C@@H](C=N)CC)C(=O)O.[CaH2]. The first kappa shape index (κ1) is 30.1.